The van der Waals surface area contributed by atoms with Gasteiger partial charge in [0.1, 0.15) is 6.61 Å². The molecule has 0 atom stereocenters. The second-order valence-corrected chi connectivity index (χ2v) is 4.61. The van der Waals surface area contributed by atoms with Crippen molar-refractivity contribution in [3.63, 3.8) is 0 Å². The molecule has 1 heterocycles. The van der Waals surface area contributed by atoms with Crippen LogP contribution in [0, 0.1) is 0 Å². The molecule has 0 aromatic carbocycles. The van der Waals surface area contributed by atoms with Crippen molar-refractivity contribution in [1.29, 1.82) is 0 Å². The van der Waals surface area contributed by atoms with Crippen LogP contribution in [0.15, 0.2) is 12.4 Å². The normalized spacial score (nSPS) is 18.7. The summed E-state index contributed by atoms with van der Waals surface area (Å²) in [6.07, 6.45) is 8.81. The predicted octanol–water partition coefficient (Wildman–Crippen LogP) is 1.53. The van der Waals surface area contributed by atoms with Gasteiger partial charge in [0.25, 0.3) is 0 Å². The number of nitrogens with zero attached hydrogens (tertiary/aromatic N) is 2. The molecule has 0 aliphatic heterocycles. The van der Waals surface area contributed by atoms with Gasteiger partial charge in [-0.3, -0.25) is 4.98 Å². The zero-order chi connectivity index (χ0) is 12.1. The van der Waals surface area contributed by atoms with Crippen LogP contribution < -0.4 is 15.2 Å². The van der Waals surface area contributed by atoms with Crippen LogP contribution in [0.5, 0.6) is 11.8 Å². The van der Waals surface area contributed by atoms with Gasteiger partial charge in [-0.25, -0.2) is 0 Å². The number of hydrogen-bond donors (Lipinski definition) is 1. The van der Waals surface area contributed by atoms with E-state index < -0.39 is 0 Å². The molecule has 1 saturated carbocycles. The lowest BCUT2D eigenvalue weighted by Crippen LogP contribution is -2.47. The molecule has 1 aliphatic carbocycles. The number of aromatic nitrogens is 2. The average Bonchev–Trinajstić information content (AvgIpc) is 2.38. The van der Waals surface area contributed by atoms with Crippen LogP contribution in [0.25, 0.3) is 0 Å². The molecule has 0 unspecified atom stereocenters. The third-order valence-corrected chi connectivity index (χ3v) is 3.16. The van der Waals surface area contributed by atoms with Gasteiger partial charge in [0.2, 0.25) is 11.8 Å². The molecule has 1 fully saturated rings. The molecular weight excluding hydrogens is 218 g/mol. The second-order valence-electron chi connectivity index (χ2n) is 4.61. The Hall–Kier alpha value is -1.36. The zero-order valence-electron chi connectivity index (χ0n) is 10.2. The summed E-state index contributed by atoms with van der Waals surface area (Å²) in [6, 6.07) is 0. The van der Waals surface area contributed by atoms with E-state index in [0.717, 1.165) is 12.8 Å². The molecule has 0 amide bonds. The van der Waals surface area contributed by atoms with Crippen molar-refractivity contribution in [2.75, 3.05) is 13.7 Å². The van der Waals surface area contributed by atoms with Crippen LogP contribution in [0.2, 0.25) is 0 Å². The van der Waals surface area contributed by atoms with Crippen LogP contribution in [-0.2, 0) is 0 Å². The molecule has 0 saturated heterocycles. The monoisotopic (exact) mass is 237 g/mol. The molecule has 1 aliphatic rings. The van der Waals surface area contributed by atoms with E-state index in [9.17, 15) is 0 Å². The number of nitrogens with two attached hydrogens (primary N) is 1. The Bertz CT molecular complexity index is 365. The van der Waals surface area contributed by atoms with Crippen molar-refractivity contribution in [1.82, 2.24) is 9.97 Å². The molecule has 94 valence electrons. The van der Waals surface area contributed by atoms with Gasteiger partial charge in [-0.05, 0) is 12.8 Å². The molecule has 1 aromatic heterocycles. The van der Waals surface area contributed by atoms with E-state index in [1.54, 1.807) is 19.5 Å². The summed E-state index contributed by atoms with van der Waals surface area (Å²) in [5.41, 5.74) is 6.07. The molecule has 5 heteroatoms. The molecule has 5 nitrogen and oxygen atoms in total. The first kappa shape index (κ1) is 12.1. The fourth-order valence-electron chi connectivity index (χ4n) is 2.12. The molecule has 2 rings (SSSR count). The summed E-state index contributed by atoms with van der Waals surface area (Å²) in [5, 5.41) is 0. The van der Waals surface area contributed by atoms with Crippen LogP contribution in [-0.4, -0.2) is 29.2 Å². The van der Waals surface area contributed by atoms with Gasteiger partial charge in [0.15, 0.2) is 0 Å². The quantitative estimate of drug-likeness (QED) is 0.859. The molecule has 0 bridgehead atoms. The standard InChI is InChI=1S/C12H19N3O2/c1-16-10-7-14-8-11(15-10)17-9-12(13)5-3-2-4-6-12/h7-8H,2-6,9,13H2,1H3. The van der Waals surface area contributed by atoms with Crippen LogP contribution in [0.3, 0.4) is 0 Å². The lowest BCUT2D eigenvalue weighted by Gasteiger charge is -2.32. The Morgan fingerprint density at radius 3 is 2.65 bits per heavy atom. The molecule has 0 spiro atoms. The molecule has 2 N–H and O–H groups in total. The topological polar surface area (TPSA) is 70.3 Å². The lowest BCUT2D eigenvalue weighted by atomic mass is 9.83. The Balaban J connectivity index is 1.92. The summed E-state index contributed by atoms with van der Waals surface area (Å²) in [6.45, 7) is 0.495. The van der Waals surface area contributed by atoms with Gasteiger partial charge >= 0.3 is 0 Å². The first-order valence-electron chi connectivity index (χ1n) is 6.00. The maximum atomic E-state index is 6.27. The summed E-state index contributed by atoms with van der Waals surface area (Å²) < 4.78 is 10.6. The number of hydrogen-bond acceptors (Lipinski definition) is 5. The third-order valence-electron chi connectivity index (χ3n) is 3.16. The lowest BCUT2D eigenvalue weighted by molar-refractivity contribution is 0.167. The van der Waals surface area contributed by atoms with Gasteiger partial charge in [0.05, 0.1) is 25.0 Å². The van der Waals surface area contributed by atoms with Crippen molar-refractivity contribution in [2.45, 2.75) is 37.6 Å². The van der Waals surface area contributed by atoms with E-state index in [2.05, 4.69) is 9.97 Å². The Morgan fingerprint density at radius 2 is 1.94 bits per heavy atom. The molecule has 17 heavy (non-hydrogen) atoms. The largest absolute Gasteiger partial charge is 0.480 e. The Labute approximate surface area is 101 Å². The van der Waals surface area contributed by atoms with Crippen molar-refractivity contribution >= 4 is 0 Å². The predicted molar refractivity (Wildman–Crippen MR) is 64.1 cm³/mol. The van der Waals surface area contributed by atoms with Crippen molar-refractivity contribution in [2.24, 2.45) is 5.73 Å². The van der Waals surface area contributed by atoms with Crippen LogP contribution >= 0.6 is 0 Å². The van der Waals surface area contributed by atoms with Gasteiger partial charge in [-0.1, -0.05) is 19.3 Å². The first-order valence-corrected chi connectivity index (χ1v) is 6.00. The smallest absolute Gasteiger partial charge is 0.235 e. The molecule has 1 aromatic rings. The molecule has 0 radical (unpaired) electrons. The van der Waals surface area contributed by atoms with Gasteiger partial charge < -0.3 is 15.2 Å². The SMILES string of the molecule is COc1cncc(OCC2(N)CCCCC2)n1. The summed E-state index contributed by atoms with van der Waals surface area (Å²) >= 11 is 0. The maximum Gasteiger partial charge on any atom is 0.235 e. The van der Waals surface area contributed by atoms with Gasteiger partial charge in [-0.2, -0.15) is 4.98 Å². The fourth-order valence-corrected chi connectivity index (χ4v) is 2.12. The average molecular weight is 237 g/mol. The highest BCUT2D eigenvalue weighted by Gasteiger charge is 2.28. The van der Waals surface area contributed by atoms with Crippen LogP contribution in [0.1, 0.15) is 32.1 Å². The molecular formula is C12H19N3O2. The Morgan fingerprint density at radius 1 is 1.24 bits per heavy atom. The number of ether oxygens (including phenoxy) is 2. The number of methoxy groups -OCH3 is 1. The van der Waals surface area contributed by atoms with Crippen molar-refractivity contribution in [3.8, 4) is 11.8 Å². The minimum atomic E-state index is -0.205. The van der Waals surface area contributed by atoms with Crippen molar-refractivity contribution in [3.05, 3.63) is 12.4 Å². The summed E-state index contributed by atoms with van der Waals surface area (Å²) in [4.78, 5) is 8.13. The van der Waals surface area contributed by atoms with E-state index in [0.29, 0.717) is 18.4 Å². The van der Waals surface area contributed by atoms with E-state index in [4.69, 9.17) is 15.2 Å². The highest BCUT2D eigenvalue weighted by molar-refractivity contribution is 5.12. The second kappa shape index (κ2) is 5.31. The third kappa shape index (κ3) is 3.30. The zero-order valence-corrected chi connectivity index (χ0v) is 10.2. The highest BCUT2D eigenvalue weighted by Crippen LogP contribution is 2.26. The minimum Gasteiger partial charge on any atom is -0.480 e. The fraction of sp³-hybridized carbons (Fsp3) is 0.667. The van der Waals surface area contributed by atoms with E-state index in [1.165, 1.54) is 19.3 Å². The minimum absolute atomic E-state index is 0.205. The van der Waals surface area contributed by atoms with E-state index in [1.807, 2.05) is 0 Å². The summed E-state index contributed by atoms with van der Waals surface area (Å²) in [7, 11) is 1.55. The Kier molecular flexibility index (Phi) is 3.78. The van der Waals surface area contributed by atoms with Crippen molar-refractivity contribution < 1.29 is 9.47 Å². The van der Waals surface area contributed by atoms with Gasteiger partial charge in [0, 0.05) is 0 Å². The first-order chi connectivity index (χ1) is 8.22. The van der Waals surface area contributed by atoms with Gasteiger partial charge in [-0.15, -0.1) is 0 Å². The highest BCUT2D eigenvalue weighted by atomic mass is 16.5. The number of rotatable bonds is 4. The van der Waals surface area contributed by atoms with E-state index >= 15 is 0 Å². The van der Waals surface area contributed by atoms with E-state index in [-0.39, 0.29) is 5.54 Å². The maximum absolute atomic E-state index is 6.27. The summed E-state index contributed by atoms with van der Waals surface area (Å²) in [5.74, 6) is 0.928. The van der Waals surface area contributed by atoms with Crippen LogP contribution in [0.4, 0.5) is 0 Å².